The van der Waals surface area contributed by atoms with Gasteiger partial charge in [-0.1, -0.05) is 49.4 Å². The topological polar surface area (TPSA) is 29.0 Å². The molecule has 0 aliphatic carbocycles. The number of nitrogens with zero attached hydrogens (tertiary/aromatic N) is 3. The Morgan fingerprint density at radius 1 is 0.913 bits per heavy atom. The van der Waals surface area contributed by atoms with E-state index in [2.05, 4.69) is 68.3 Å². The third kappa shape index (κ3) is 3.57. The molecule has 2 aromatic carbocycles. The molecule has 118 valence electrons. The minimum atomic E-state index is 0.756. The predicted octanol–water partition coefficient (Wildman–Crippen LogP) is 4.13. The molecule has 0 spiro atoms. The molecule has 3 heteroatoms. The predicted molar refractivity (Wildman–Crippen MR) is 95.3 cm³/mol. The van der Waals surface area contributed by atoms with Crippen molar-refractivity contribution in [3.63, 3.8) is 0 Å². The average Bonchev–Trinajstić information content (AvgIpc) is 2.56. The number of rotatable bonds is 5. The van der Waals surface area contributed by atoms with E-state index in [1.807, 2.05) is 6.07 Å². The van der Waals surface area contributed by atoms with Crippen LogP contribution in [0.25, 0.3) is 10.9 Å². The molecule has 0 unspecified atom stereocenters. The van der Waals surface area contributed by atoms with Crippen molar-refractivity contribution < 1.29 is 0 Å². The zero-order valence-corrected chi connectivity index (χ0v) is 14.1. The van der Waals surface area contributed by atoms with E-state index in [0.29, 0.717) is 0 Å². The second-order valence-electron chi connectivity index (χ2n) is 6.06. The van der Waals surface area contributed by atoms with Crippen LogP contribution in [0.4, 0.5) is 0 Å². The first kappa shape index (κ1) is 15.6. The van der Waals surface area contributed by atoms with Gasteiger partial charge in [0.15, 0.2) is 0 Å². The minimum Gasteiger partial charge on any atom is -0.295 e. The third-order valence-corrected chi connectivity index (χ3v) is 4.18. The largest absolute Gasteiger partial charge is 0.295 e. The summed E-state index contributed by atoms with van der Waals surface area (Å²) in [5, 5.41) is 1.17. The molecule has 1 aromatic heterocycles. The van der Waals surface area contributed by atoms with Crippen LogP contribution in [0.5, 0.6) is 0 Å². The van der Waals surface area contributed by atoms with Crippen molar-refractivity contribution in [2.75, 3.05) is 7.05 Å². The van der Waals surface area contributed by atoms with Crippen molar-refractivity contribution in [2.24, 2.45) is 0 Å². The molecule has 0 fully saturated rings. The van der Waals surface area contributed by atoms with E-state index in [0.717, 1.165) is 36.5 Å². The van der Waals surface area contributed by atoms with Crippen LogP contribution in [0.15, 0.2) is 48.5 Å². The van der Waals surface area contributed by atoms with E-state index in [-0.39, 0.29) is 0 Å². The molecule has 1 heterocycles. The van der Waals surface area contributed by atoms with Gasteiger partial charge in [0.25, 0.3) is 0 Å². The van der Waals surface area contributed by atoms with Crippen molar-refractivity contribution >= 4 is 10.9 Å². The second kappa shape index (κ2) is 6.88. The van der Waals surface area contributed by atoms with Crippen LogP contribution >= 0.6 is 0 Å². The van der Waals surface area contributed by atoms with Gasteiger partial charge in [-0.25, -0.2) is 9.97 Å². The van der Waals surface area contributed by atoms with Gasteiger partial charge in [-0.2, -0.15) is 0 Å². The van der Waals surface area contributed by atoms with Crippen molar-refractivity contribution in [1.29, 1.82) is 0 Å². The van der Waals surface area contributed by atoms with Gasteiger partial charge in [0.05, 0.1) is 17.8 Å². The summed E-state index contributed by atoms with van der Waals surface area (Å²) >= 11 is 0. The van der Waals surface area contributed by atoms with Gasteiger partial charge in [-0.15, -0.1) is 0 Å². The second-order valence-corrected chi connectivity index (χ2v) is 6.06. The minimum absolute atomic E-state index is 0.756. The van der Waals surface area contributed by atoms with Gasteiger partial charge in [0.1, 0.15) is 5.82 Å². The van der Waals surface area contributed by atoms with Crippen LogP contribution in [0, 0.1) is 6.92 Å². The van der Waals surface area contributed by atoms with E-state index in [1.54, 1.807) is 0 Å². The molecule has 3 rings (SSSR count). The highest BCUT2D eigenvalue weighted by atomic mass is 15.1. The molecule has 0 saturated heterocycles. The van der Waals surface area contributed by atoms with Crippen LogP contribution in [0.2, 0.25) is 0 Å². The van der Waals surface area contributed by atoms with Crippen LogP contribution in [0.1, 0.15) is 29.6 Å². The summed E-state index contributed by atoms with van der Waals surface area (Å²) < 4.78 is 0. The highest BCUT2D eigenvalue weighted by Gasteiger charge is 2.09. The van der Waals surface area contributed by atoms with Gasteiger partial charge in [-0.3, -0.25) is 4.90 Å². The van der Waals surface area contributed by atoms with Gasteiger partial charge in [0.2, 0.25) is 0 Å². The van der Waals surface area contributed by atoms with Crippen molar-refractivity contribution in [3.05, 3.63) is 71.2 Å². The molecule has 23 heavy (non-hydrogen) atoms. The number of hydrogen-bond donors (Lipinski definition) is 0. The van der Waals surface area contributed by atoms with Gasteiger partial charge < -0.3 is 0 Å². The summed E-state index contributed by atoms with van der Waals surface area (Å²) in [6.45, 7) is 5.97. The molecule has 0 bridgehead atoms. The van der Waals surface area contributed by atoms with Crippen molar-refractivity contribution in [2.45, 2.75) is 33.4 Å². The average molecular weight is 305 g/mol. The zero-order chi connectivity index (χ0) is 16.2. The Bertz CT molecular complexity index is 811. The molecule has 0 aliphatic heterocycles. The molecule has 0 N–H and O–H groups in total. The molecule has 0 saturated carbocycles. The highest BCUT2D eigenvalue weighted by Crippen LogP contribution is 2.17. The van der Waals surface area contributed by atoms with Crippen LogP contribution in [0.3, 0.4) is 0 Å². The van der Waals surface area contributed by atoms with E-state index < -0.39 is 0 Å². The Hall–Kier alpha value is -2.26. The monoisotopic (exact) mass is 305 g/mol. The Labute approximate surface area is 138 Å². The molecule has 0 atom stereocenters. The summed E-state index contributed by atoms with van der Waals surface area (Å²) in [7, 11) is 2.12. The third-order valence-electron chi connectivity index (χ3n) is 4.18. The Morgan fingerprint density at radius 3 is 2.43 bits per heavy atom. The maximum absolute atomic E-state index is 4.77. The first-order valence-electron chi connectivity index (χ1n) is 8.15. The van der Waals surface area contributed by atoms with E-state index in [1.165, 1.54) is 16.5 Å². The number of aryl methyl sites for hydroxylation is 2. The molecule has 3 aromatic rings. The van der Waals surface area contributed by atoms with Crippen molar-refractivity contribution in [1.82, 2.24) is 14.9 Å². The quantitative estimate of drug-likeness (QED) is 0.709. The molecule has 0 aliphatic rings. The number of para-hydroxylation sites is 1. The summed E-state index contributed by atoms with van der Waals surface area (Å²) in [4.78, 5) is 11.8. The number of benzene rings is 2. The fourth-order valence-corrected chi connectivity index (χ4v) is 2.91. The van der Waals surface area contributed by atoms with E-state index in [4.69, 9.17) is 9.97 Å². The van der Waals surface area contributed by atoms with Crippen LogP contribution < -0.4 is 0 Å². The number of aromatic nitrogens is 2. The lowest BCUT2D eigenvalue weighted by molar-refractivity contribution is 0.310. The lowest BCUT2D eigenvalue weighted by Crippen LogP contribution is -2.20. The first-order chi connectivity index (χ1) is 11.2. The zero-order valence-electron chi connectivity index (χ0n) is 14.1. The number of fused-ring (bicyclic) bond motifs is 1. The summed E-state index contributed by atoms with van der Waals surface area (Å²) in [5.74, 6) is 0.900. The maximum Gasteiger partial charge on any atom is 0.143 e. The van der Waals surface area contributed by atoms with Crippen molar-refractivity contribution in [3.8, 4) is 0 Å². The SMILES string of the molecule is CCc1nc(CN(C)Cc2ccccc2C)nc2ccccc12. The van der Waals surface area contributed by atoms with Crippen LogP contribution in [-0.2, 0) is 19.5 Å². The fourth-order valence-electron chi connectivity index (χ4n) is 2.91. The van der Waals surface area contributed by atoms with E-state index >= 15 is 0 Å². The summed E-state index contributed by atoms with van der Waals surface area (Å²) in [6.07, 6.45) is 0.928. The molecule has 0 radical (unpaired) electrons. The van der Waals surface area contributed by atoms with Gasteiger partial charge in [-0.05, 0) is 37.6 Å². The lowest BCUT2D eigenvalue weighted by atomic mass is 10.1. The first-order valence-corrected chi connectivity index (χ1v) is 8.15. The standard InChI is InChI=1S/C20H23N3/c1-4-18-17-11-7-8-12-19(17)22-20(21-18)14-23(3)13-16-10-6-5-9-15(16)2/h5-12H,4,13-14H2,1-3H3. The normalized spacial score (nSPS) is 11.3. The molecular formula is C20H23N3. The summed E-state index contributed by atoms with van der Waals surface area (Å²) in [5.41, 5.74) is 4.85. The van der Waals surface area contributed by atoms with Gasteiger partial charge >= 0.3 is 0 Å². The molecule has 3 nitrogen and oxygen atoms in total. The highest BCUT2D eigenvalue weighted by molar-refractivity contribution is 5.80. The fraction of sp³-hybridized carbons (Fsp3) is 0.300. The lowest BCUT2D eigenvalue weighted by Gasteiger charge is -2.18. The Balaban J connectivity index is 1.82. The maximum atomic E-state index is 4.77. The van der Waals surface area contributed by atoms with Crippen LogP contribution in [-0.4, -0.2) is 21.9 Å². The molecular weight excluding hydrogens is 282 g/mol. The van der Waals surface area contributed by atoms with Gasteiger partial charge in [0, 0.05) is 11.9 Å². The smallest absolute Gasteiger partial charge is 0.143 e. The number of hydrogen-bond acceptors (Lipinski definition) is 3. The summed E-state index contributed by atoms with van der Waals surface area (Å²) in [6, 6.07) is 16.8. The Morgan fingerprint density at radius 2 is 1.65 bits per heavy atom. The van der Waals surface area contributed by atoms with E-state index in [9.17, 15) is 0 Å². The molecule has 0 amide bonds. The Kier molecular flexibility index (Phi) is 4.68.